The molecule has 5 heteroatoms. The first-order chi connectivity index (χ1) is 11.7. The first-order valence-electron chi connectivity index (χ1n) is 8.18. The summed E-state index contributed by atoms with van der Waals surface area (Å²) in [6.07, 6.45) is 2.55. The lowest BCUT2D eigenvalue weighted by Crippen LogP contribution is -2.35. The molecule has 3 rings (SSSR count). The molecule has 0 unspecified atom stereocenters. The van der Waals surface area contributed by atoms with E-state index in [-0.39, 0.29) is 11.8 Å². The summed E-state index contributed by atoms with van der Waals surface area (Å²) in [5.74, 6) is -0.0391. The Bertz CT molecular complexity index is 741. The number of anilines is 2. The minimum absolute atomic E-state index is 0.141. The van der Waals surface area contributed by atoms with Gasteiger partial charge in [-0.3, -0.25) is 9.59 Å². The predicted molar refractivity (Wildman–Crippen MR) is 94.9 cm³/mol. The molecule has 0 aromatic heterocycles. The normalized spacial score (nSPS) is 14.5. The second-order valence-corrected chi connectivity index (χ2v) is 5.91. The van der Waals surface area contributed by atoms with Crippen molar-refractivity contribution < 1.29 is 9.59 Å². The number of benzene rings is 2. The first kappa shape index (κ1) is 16.2. The lowest BCUT2D eigenvalue weighted by atomic mass is 10.1. The van der Waals surface area contributed by atoms with Crippen molar-refractivity contribution in [3.8, 4) is 0 Å². The summed E-state index contributed by atoms with van der Waals surface area (Å²) in [4.78, 5) is 26.2. The van der Waals surface area contributed by atoms with E-state index in [0.29, 0.717) is 24.2 Å². The third-order valence-corrected chi connectivity index (χ3v) is 4.19. The highest BCUT2D eigenvalue weighted by molar-refractivity contribution is 6.04. The second kappa shape index (κ2) is 7.27. The molecule has 1 aliphatic rings. The highest BCUT2D eigenvalue weighted by Crippen LogP contribution is 2.24. The Morgan fingerprint density at radius 3 is 2.62 bits per heavy atom. The van der Waals surface area contributed by atoms with Crippen molar-refractivity contribution in [3.63, 3.8) is 0 Å². The van der Waals surface area contributed by atoms with E-state index in [1.807, 2.05) is 36.4 Å². The maximum absolute atomic E-state index is 12.3. The maximum atomic E-state index is 12.3. The third-order valence-electron chi connectivity index (χ3n) is 4.19. The van der Waals surface area contributed by atoms with Gasteiger partial charge in [-0.1, -0.05) is 18.2 Å². The van der Waals surface area contributed by atoms with Gasteiger partial charge in [-0.05, 0) is 48.7 Å². The lowest BCUT2D eigenvalue weighted by Gasteiger charge is -2.27. The van der Waals surface area contributed by atoms with E-state index in [1.165, 1.54) is 0 Å². The van der Waals surface area contributed by atoms with Gasteiger partial charge in [-0.2, -0.15) is 0 Å². The van der Waals surface area contributed by atoms with Crippen LogP contribution in [0, 0.1) is 0 Å². The molecular weight excluding hydrogens is 302 g/mol. The van der Waals surface area contributed by atoms with Crippen LogP contribution < -0.4 is 16.0 Å². The number of hydrogen-bond donors (Lipinski definition) is 2. The minimum Gasteiger partial charge on any atom is -0.326 e. The van der Waals surface area contributed by atoms with Crippen LogP contribution in [0.2, 0.25) is 0 Å². The number of nitrogens with zero attached hydrogens (tertiary/aromatic N) is 1. The number of piperidine rings is 1. The Kier molecular flexibility index (Phi) is 4.91. The lowest BCUT2D eigenvalue weighted by molar-refractivity contribution is -0.119. The van der Waals surface area contributed by atoms with Crippen molar-refractivity contribution in [2.24, 2.45) is 5.73 Å². The molecule has 1 saturated heterocycles. The molecule has 24 heavy (non-hydrogen) atoms. The molecule has 124 valence electrons. The molecule has 2 aromatic carbocycles. The maximum Gasteiger partial charge on any atom is 0.255 e. The molecule has 0 saturated carbocycles. The molecule has 2 amide bonds. The molecule has 3 N–H and O–H groups in total. The molecule has 0 atom stereocenters. The molecule has 0 radical (unpaired) electrons. The van der Waals surface area contributed by atoms with Crippen LogP contribution in [0.1, 0.15) is 35.2 Å². The van der Waals surface area contributed by atoms with E-state index in [0.717, 1.165) is 30.6 Å². The van der Waals surface area contributed by atoms with Gasteiger partial charge in [0.15, 0.2) is 0 Å². The van der Waals surface area contributed by atoms with Gasteiger partial charge in [0.1, 0.15) is 0 Å². The van der Waals surface area contributed by atoms with Gasteiger partial charge >= 0.3 is 0 Å². The van der Waals surface area contributed by atoms with Crippen LogP contribution in [0.15, 0.2) is 48.5 Å². The van der Waals surface area contributed by atoms with Gasteiger partial charge in [-0.25, -0.2) is 0 Å². The molecule has 1 aliphatic heterocycles. The van der Waals surface area contributed by atoms with Crippen molar-refractivity contribution in [1.82, 2.24) is 0 Å². The van der Waals surface area contributed by atoms with E-state index in [2.05, 4.69) is 5.32 Å². The van der Waals surface area contributed by atoms with Crippen molar-refractivity contribution >= 4 is 23.2 Å². The summed E-state index contributed by atoms with van der Waals surface area (Å²) in [5.41, 5.74) is 8.63. The van der Waals surface area contributed by atoms with Crippen LogP contribution in [0.4, 0.5) is 11.4 Å². The van der Waals surface area contributed by atoms with E-state index >= 15 is 0 Å². The molecule has 1 fully saturated rings. The fourth-order valence-electron chi connectivity index (χ4n) is 2.83. The van der Waals surface area contributed by atoms with Crippen LogP contribution in [0.3, 0.4) is 0 Å². The Labute approximate surface area is 141 Å². The molecular formula is C19H21N3O2. The quantitative estimate of drug-likeness (QED) is 0.908. The summed E-state index contributed by atoms with van der Waals surface area (Å²) in [6.45, 7) is 1.19. The number of nitrogens with one attached hydrogen (secondary N) is 1. The van der Waals surface area contributed by atoms with Gasteiger partial charge in [0.05, 0.1) is 0 Å². The number of carbonyl (C=O) groups excluding carboxylic acids is 2. The fourth-order valence-corrected chi connectivity index (χ4v) is 2.83. The van der Waals surface area contributed by atoms with Gasteiger partial charge in [0, 0.05) is 36.4 Å². The van der Waals surface area contributed by atoms with Crippen LogP contribution in [0.5, 0.6) is 0 Å². The van der Waals surface area contributed by atoms with Crippen LogP contribution >= 0.6 is 0 Å². The van der Waals surface area contributed by atoms with Crippen molar-refractivity contribution in [2.45, 2.75) is 25.8 Å². The average Bonchev–Trinajstić information content (AvgIpc) is 2.62. The first-order valence-corrected chi connectivity index (χ1v) is 8.18. The van der Waals surface area contributed by atoms with Gasteiger partial charge < -0.3 is 16.0 Å². The van der Waals surface area contributed by atoms with Crippen molar-refractivity contribution in [1.29, 1.82) is 0 Å². The number of carbonyl (C=O) groups is 2. The summed E-state index contributed by atoms with van der Waals surface area (Å²) < 4.78 is 0. The van der Waals surface area contributed by atoms with Gasteiger partial charge in [0.25, 0.3) is 5.91 Å². The Hall–Kier alpha value is -2.66. The fraction of sp³-hybridized carbons (Fsp3) is 0.263. The second-order valence-electron chi connectivity index (χ2n) is 5.91. The van der Waals surface area contributed by atoms with Crippen LogP contribution in [-0.2, 0) is 11.3 Å². The molecule has 2 aromatic rings. The molecule has 5 nitrogen and oxygen atoms in total. The highest BCUT2D eigenvalue weighted by atomic mass is 16.2. The van der Waals surface area contributed by atoms with E-state index in [1.54, 1.807) is 17.0 Å². The third kappa shape index (κ3) is 3.63. The smallest absolute Gasteiger partial charge is 0.255 e. The van der Waals surface area contributed by atoms with E-state index in [4.69, 9.17) is 5.73 Å². The summed E-state index contributed by atoms with van der Waals surface area (Å²) in [6, 6.07) is 14.6. The summed E-state index contributed by atoms with van der Waals surface area (Å²) >= 11 is 0. The minimum atomic E-state index is -0.180. The molecule has 0 aliphatic carbocycles. The Balaban J connectivity index is 1.73. The van der Waals surface area contributed by atoms with Crippen LogP contribution in [-0.4, -0.2) is 18.4 Å². The number of hydrogen-bond acceptors (Lipinski definition) is 3. The van der Waals surface area contributed by atoms with E-state index < -0.39 is 0 Å². The zero-order valence-corrected chi connectivity index (χ0v) is 13.5. The number of rotatable bonds is 4. The monoisotopic (exact) mass is 323 g/mol. The average molecular weight is 323 g/mol. The standard InChI is InChI=1S/C19H21N3O2/c20-13-14-7-9-15(10-8-14)19(24)21-16-4-3-5-17(12-16)22-11-2-1-6-18(22)23/h3-5,7-10,12H,1-2,6,11,13,20H2,(H,21,24). The molecule has 1 heterocycles. The van der Waals surface area contributed by atoms with Crippen molar-refractivity contribution in [2.75, 3.05) is 16.8 Å². The van der Waals surface area contributed by atoms with Gasteiger partial charge in [0.2, 0.25) is 5.91 Å². The largest absolute Gasteiger partial charge is 0.326 e. The summed E-state index contributed by atoms with van der Waals surface area (Å²) in [7, 11) is 0. The SMILES string of the molecule is NCc1ccc(C(=O)Nc2cccc(N3CCCCC3=O)c2)cc1. The molecule has 0 bridgehead atoms. The Morgan fingerprint density at radius 1 is 1.12 bits per heavy atom. The topological polar surface area (TPSA) is 75.4 Å². The predicted octanol–water partition coefficient (Wildman–Crippen LogP) is 2.91. The summed E-state index contributed by atoms with van der Waals surface area (Å²) in [5, 5.41) is 2.88. The van der Waals surface area contributed by atoms with Crippen LogP contribution in [0.25, 0.3) is 0 Å². The van der Waals surface area contributed by atoms with E-state index in [9.17, 15) is 9.59 Å². The number of amides is 2. The number of nitrogens with two attached hydrogens (primary N) is 1. The molecule has 0 spiro atoms. The Morgan fingerprint density at radius 2 is 1.92 bits per heavy atom. The highest BCUT2D eigenvalue weighted by Gasteiger charge is 2.19. The zero-order chi connectivity index (χ0) is 16.9. The van der Waals surface area contributed by atoms with Gasteiger partial charge in [-0.15, -0.1) is 0 Å². The zero-order valence-electron chi connectivity index (χ0n) is 13.5. The van der Waals surface area contributed by atoms with Crippen molar-refractivity contribution in [3.05, 3.63) is 59.7 Å².